The van der Waals surface area contributed by atoms with Crippen LogP contribution >= 0.6 is 0 Å². The van der Waals surface area contributed by atoms with Gasteiger partial charge in [0.15, 0.2) is 0 Å². The number of nitrogens with zero attached hydrogens (tertiary/aromatic N) is 2. The van der Waals surface area contributed by atoms with Crippen molar-refractivity contribution < 1.29 is 9.53 Å². The van der Waals surface area contributed by atoms with Crippen molar-refractivity contribution in [1.29, 1.82) is 0 Å². The van der Waals surface area contributed by atoms with Gasteiger partial charge in [0.2, 0.25) is 5.88 Å². The fourth-order valence-electron chi connectivity index (χ4n) is 7.00. The highest BCUT2D eigenvalue weighted by Gasteiger charge is 2.48. The summed E-state index contributed by atoms with van der Waals surface area (Å²) in [6.07, 6.45) is 10.8. The van der Waals surface area contributed by atoms with E-state index in [1.807, 2.05) is 18.5 Å². The minimum atomic E-state index is -0.00737. The lowest BCUT2D eigenvalue weighted by Crippen LogP contribution is -2.55. The molecule has 1 aromatic rings. The van der Waals surface area contributed by atoms with E-state index < -0.39 is 0 Å². The molecule has 1 aliphatic heterocycles. The van der Waals surface area contributed by atoms with Crippen LogP contribution in [0.25, 0.3) is 0 Å². The van der Waals surface area contributed by atoms with Crippen LogP contribution in [0, 0.1) is 29.6 Å². The summed E-state index contributed by atoms with van der Waals surface area (Å²) < 4.78 is 7.96. The summed E-state index contributed by atoms with van der Waals surface area (Å²) in [7, 11) is 0. The van der Waals surface area contributed by atoms with E-state index in [0.29, 0.717) is 35.9 Å². The summed E-state index contributed by atoms with van der Waals surface area (Å²) in [5.74, 6) is 4.51. The Hall–Kier alpha value is -1.60. The Balaban J connectivity index is 1.20. The van der Waals surface area contributed by atoms with Crippen LogP contribution in [0.5, 0.6) is 5.88 Å². The standard InChI is InChI=1S/C25H41N5O2/c1-16(2)32-25-22(15-28-30(25)8-7-27-14-17-3-5-26-6-4-17)24(31)29-23-20-10-18-9-19(12-20)13-21(23)11-18/h15-21,23,26-27H,3-14H2,1-2H3,(H,29,31). The van der Waals surface area contributed by atoms with Crippen molar-refractivity contribution in [1.82, 2.24) is 25.7 Å². The van der Waals surface area contributed by atoms with Crippen LogP contribution in [0.2, 0.25) is 0 Å². The van der Waals surface area contributed by atoms with Crippen LogP contribution in [-0.4, -0.2) is 54.0 Å². The number of amides is 1. The number of nitrogens with one attached hydrogen (secondary N) is 3. The van der Waals surface area contributed by atoms with Crippen molar-refractivity contribution in [2.45, 2.75) is 77.5 Å². The van der Waals surface area contributed by atoms with Gasteiger partial charge in [-0.1, -0.05) is 0 Å². The average molecular weight is 444 g/mol. The molecular weight excluding hydrogens is 402 g/mol. The first-order chi connectivity index (χ1) is 15.6. The number of rotatable bonds is 9. The fraction of sp³-hybridized carbons (Fsp3) is 0.840. The maximum Gasteiger partial charge on any atom is 0.258 e. The van der Waals surface area contributed by atoms with E-state index in [2.05, 4.69) is 21.0 Å². The van der Waals surface area contributed by atoms with Crippen LogP contribution < -0.4 is 20.7 Å². The molecule has 6 rings (SSSR count). The van der Waals surface area contributed by atoms with Gasteiger partial charge >= 0.3 is 0 Å². The first-order valence-electron chi connectivity index (χ1n) is 13.0. The van der Waals surface area contributed by atoms with Gasteiger partial charge in [0.25, 0.3) is 5.91 Å². The Morgan fingerprint density at radius 3 is 2.50 bits per heavy atom. The van der Waals surface area contributed by atoms with Gasteiger partial charge in [0.05, 0.1) is 18.8 Å². The topological polar surface area (TPSA) is 80.2 Å². The highest BCUT2D eigenvalue weighted by molar-refractivity contribution is 5.96. The highest BCUT2D eigenvalue weighted by Crippen LogP contribution is 2.53. The monoisotopic (exact) mass is 443 g/mol. The zero-order chi connectivity index (χ0) is 22.1. The van der Waals surface area contributed by atoms with Gasteiger partial charge < -0.3 is 20.7 Å². The van der Waals surface area contributed by atoms with Gasteiger partial charge in [-0.3, -0.25) is 4.79 Å². The Morgan fingerprint density at radius 1 is 1.16 bits per heavy atom. The predicted octanol–water partition coefficient (Wildman–Crippen LogP) is 2.81. The van der Waals surface area contributed by atoms with E-state index in [9.17, 15) is 4.79 Å². The van der Waals surface area contributed by atoms with Crippen molar-refractivity contribution in [3.05, 3.63) is 11.8 Å². The van der Waals surface area contributed by atoms with Gasteiger partial charge in [0.1, 0.15) is 5.56 Å². The number of hydrogen-bond donors (Lipinski definition) is 3. The Morgan fingerprint density at radius 2 is 1.84 bits per heavy atom. The fourth-order valence-corrected chi connectivity index (χ4v) is 7.00. The van der Waals surface area contributed by atoms with E-state index in [-0.39, 0.29) is 12.0 Å². The van der Waals surface area contributed by atoms with Crippen molar-refractivity contribution in [2.24, 2.45) is 29.6 Å². The maximum atomic E-state index is 13.3. The SMILES string of the molecule is CC(C)Oc1c(C(=O)NC2C3CC4CC(C3)CC2C4)cnn1CCNCC1CCNCC1. The van der Waals surface area contributed by atoms with E-state index in [1.54, 1.807) is 6.20 Å². The average Bonchev–Trinajstić information content (AvgIpc) is 3.16. The number of ether oxygens (including phenoxy) is 1. The summed E-state index contributed by atoms with van der Waals surface area (Å²) in [6, 6.07) is 0.331. The predicted molar refractivity (Wildman–Crippen MR) is 125 cm³/mol. The van der Waals surface area contributed by atoms with E-state index in [1.165, 1.54) is 44.9 Å². The number of hydrogen-bond acceptors (Lipinski definition) is 5. The molecule has 1 amide bonds. The molecule has 2 heterocycles. The first-order valence-corrected chi connectivity index (χ1v) is 13.0. The molecule has 1 saturated heterocycles. The first kappa shape index (κ1) is 22.2. The molecule has 32 heavy (non-hydrogen) atoms. The second-order valence-corrected chi connectivity index (χ2v) is 11.1. The minimum Gasteiger partial charge on any atom is -0.475 e. The van der Waals surface area contributed by atoms with Gasteiger partial charge in [0, 0.05) is 12.6 Å². The van der Waals surface area contributed by atoms with Crippen molar-refractivity contribution in [3.8, 4) is 5.88 Å². The van der Waals surface area contributed by atoms with Crippen molar-refractivity contribution in [2.75, 3.05) is 26.2 Å². The Labute approximate surface area is 192 Å². The van der Waals surface area contributed by atoms with E-state index in [4.69, 9.17) is 4.74 Å². The lowest BCUT2D eigenvalue weighted by atomic mass is 9.54. The molecule has 0 unspecified atom stereocenters. The molecule has 0 aromatic carbocycles. The van der Waals surface area contributed by atoms with E-state index in [0.717, 1.165) is 43.9 Å². The smallest absolute Gasteiger partial charge is 0.258 e. The Kier molecular flexibility index (Phi) is 6.74. The summed E-state index contributed by atoms with van der Waals surface area (Å²) in [4.78, 5) is 13.3. The third kappa shape index (κ3) is 4.84. The number of aromatic nitrogens is 2. The van der Waals surface area contributed by atoms with Crippen LogP contribution in [0.4, 0.5) is 0 Å². The van der Waals surface area contributed by atoms with Gasteiger partial charge in [-0.25, -0.2) is 4.68 Å². The van der Waals surface area contributed by atoms with Gasteiger partial charge in [-0.2, -0.15) is 5.10 Å². The second-order valence-electron chi connectivity index (χ2n) is 11.1. The van der Waals surface area contributed by atoms with Gasteiger partial charge in [-0.15, -0.1) is 0 Å². The van der Waals surface area contributed by atoms with Crippen molar-refractivity contribution in [3.63, 3.8) is 0 Å². The molecule has 4 aliphatic carbocycles. The zero-order valence-corrected chi connectivity index (χ0v) is 19.8. The molecule has 178 valence electrons. The quantitative estimate of drug-likeness (QED) is 0.512. The summed E-state index contributed by atoms with van der Waals surface area (Å²) in [6.45, 7) is 8.84. The van der Waals surface area contributed by atoms with Crippen LogP contribution in [0.3, 0.4) is 0 Å². The van der Waals surface area contributed by atoms with Crippen molar-refractivity contribution >= 4 is 5.91 Å². The molecule has 7 heteroatoms. The molecule has 5 aliphatic rings. The lowest BCUT2D eigenvalue weighted by Gasteiger charge is -2.54. The molecule has 5 fully saturated rings. The number of piperidine rings is 1. The number of carbonyl (C=O) groups is 1. The molecule has 4 saturated carbocycles. The summed E-state index contributed by atoms with van der Waals surface area (Å²) >= 11 is 0. The normalized spacial score (nSPS) is 31.9. The molecule has 3 N–H and O–H groups in total. The number of carbonyl (C=O) groups excluding carboxylic acids is 1. The molecule has 0 radical (unpaired) electrons. The van der Waals surface area contributed by atoms with Crippen LogP contribution in [0.1, 0.15) is 69.2 Å². The maximum absolute atomic E-state index is 13.3. The molecule has 0 atom stereocenters. The molecule has 1 aromatic heterocycles. The van der Waals surface area contributed by atoms with Crippen LogP contribution in [-0.2, 0) is 6.54 Å². The second kappa shape index (κ2) is 9.72. The van der Waals surface area contributed by atoms with Crippen LogP contribution in [0.15, 0.2) is 6.20 Å². The minimum absolute atomic E-state index is 0.000807. The zero-order valence-electron chi connectivity index (χ0n) is 19.8. The highest BCUT2D eigenvalue weighted by atomic mass is 16.5. The largest absolute Gasteiger partial charge is 0.475 e. The Bertz CT molecular complexity index is 757. The molecule has 7 nitrogen and oxygen atoms in total. The molecule has 0 spiro atoms. The molecule has 4 bridgehead atoms. The third-order valence-corrected chi connectivity index (χ3v) is 8.30. The third-order valence-electron chi connectivity index (χ3n) is 8.30. The molecular formula is C25H41N5O2. The lowest BCUT2D eigenvalue weighted by molar-refractivity contribution is -0.0120. The van der Waals surface area contributed by atoms with E-state index >= 15 is 0 Å². The van der Waals surface area contributed by atoms with Gasteiger partial charge in [-0.05, 0) is 108 Å². The summed E-state index contributed by atoms with van der Waals surface area (Å²) in [5, 5.41) is 15.0. The summed E-state index contributed by atoms with van der Waals surface area (Å²) in [5.41, 5.74) is 0.589.